The number of aromatic nitrogens is 3. The van der Waals surface area contributed by atoms with Crippen LogP contribution in [0.1, 0.15) is 28.8 Å². The molecule has 0 spiro atoms. The van der Waals surface area contributed by atoms with Gasteiger partial charge in [0.1, 0.15) is 30.0 Å². The van der Waals surface area contributed by atoms with Crippen molar-refractivity contribution in [2.24, 2.45) is 0 Å². The Bertz CT molecular complexity index is 1490. The molecule has 3 aromatic carbocycles. The van der Waals surface area contributed by atoms with Crippen molar-refractivity contribution in [3.05, 3.63) is 100 Å². The van der Waals surface area contributed by atoms with Crippen LogP contribution >= 0.6 is 11.6 Å². The largest absolute Gasteiger partial charge is 0.493 e. The van der Waals surface area contributed by atoms with E-state index in [0.717, 1.165) is 22.4 Å². The van der Waals surface area contributed by atoms with E-state index in [4.69, 9.17) is 25.8 Å². The molecule has 6 rings (SSSR count). The maximum absolute atomic E-state index is 14.6. The number of halogens is 2. The Labute approximate surface area is 205 Å². The van der Waals surface area contributed by atoms with Gasteiger partial charge in [-0.3, -0.25) is 0 Å². The van der Waals surface area contributed by atoms with Crippen LogP contribution in [-0.2, 0) is 0 Å². The third-order valence-electron chi connectivity index (χ3n) is 6.29. The van der Waals surface area contributed by atoms with E-state index in [-0.39, 0.29) is 5.02 Å². The van der Waals surface area contributed by atoms with Crippen LogP contribution in [0.4, 0.5) is 10.3 Å². The van der Waals surface area contributed by atoms with Crippen molar-refractivity contribution in [3.63, 3.8) is 0 Å². The SMILES string of the molecule is COc1ccc([C@@H]2C3=C(Nc4ncnn42)c2ccccc2O[C@H]3c2ccc(Cl)c(F)c2)cc1OC. The summed E-state index contributed by atoms with van der Waals surface area (Å²) in [5.74, 6) is 1.94. The van der Waals surface area contributed by atoms with Crippen molar-refractivity contribution in [2.75, 3.05) is 19.5 Å². The predicted molar refractivity (Wildman–Crippen MR) is 129 cm³/mol. The van der Waals surface area contributed by atoms with E-state index in [1.165, 1.54) is 12.4 Å². The molecule has 176 valence electrons. The average Bonchev–Trinajstić information content (AvgIpc) is 3.36. The lowest BCUT2D eigenvalue weighted by molar-refractivity contribution is 0.222. The molecule has 1 aromatic heterocycles. The van der Waals surface area contributed by atoms with E-state index < -0.39 is 18.0 Å². The Morgan fingerprint density at radius 3 is 2.60 bits per heavy atom. The van der Waals surface area contributed by atoms with Crippen LogP contribution in [0, 0.1) is 5.82 Å². The van der Waals surface area contributed by atoms with Gasteiger partial charge in [0.2, 0.25) is 5.95 Å². The number of hydrogen-bond donors (Lipinski definition) is 1. The number of benzene rings is 3. The molecule has 7 nitrogen and oxygen atoms in total. The minimum atomic E-state index is -0.616. The van der Waals surface area contributed by atoms with E-state index in [2.05, 4.69) is 15.4 Å². The lowest BCUT2D eigenvalue weighted by Gasteiger charge is -2.39. The van der Waals surface area contributed by atoms with E-state index in [1.54, 1.807) is 31.0 Å². The maximum atomic E-state index is 14.6. The number of fused-ring (bicyclic) bond motifs is 3. The molecule has 1 N–H and O–H groups in total. The Balaban J connectivity index is 1.62. The highest BCUT2D eigenvalue weighted by Gasteiger charge is 2.41. The van der Waals surface area contributed by atoms with Crippen molar-refractivity contribution in [2.45, 2.75) is 12.1 Å². The second kappa shape index (κ2) is 8.32. The van der Waals surface area contributed by atoms with Crippen LogP contribution in [-0.4, -0.2) is 29.0 Å². The third kappa shape index (κ3) is 3.40. The molecule has 0 bridgehead atoms. The van der Waals surface area contributed by atoms with E-state index in [9.17, 15) is 4.39 Å². The van der Waals surface area contributed by atoms with Gasteiger partial charge in [0.25, 0.3) is 0 Å². The van der Waals surface area contributed by atoms with E-state index in [1.807, 2.05) is 42.5 Å². The molecule has 2 aliphatic rings. The van der Waals surface area contributed by atoms with Crippen molar-refractivity contribution in [1.82, 2.24) is 14.8 Å². The molecule has 0 amide bonds. The fourth-order valence-electron chi connectivity index (χ4n) is 4.71. The molecule has 0 aliphatic carbocycles. The summed E-state index contributed by atoms with van der Waals surface area (Å²) in [6.07, 6.45) is 0.882. The first-order valence-electron chi connectivity index (χ1n) is 10.9. The minimum Gasteiger partial charge on any atom is -0.493 e. The second-order valence-corrected chi connectivity index (χ2v) is 8.58. The summed E-state index contributed by atoms with van der Waals surface area (Å²) in [6, 6.07) is 17.7. The van der Waals surface area contributed by atoms with Crippen molar-refractivity contribution < 1.29 is 18.6 Å². The van der Waals surface area contributed by atoms with Crippen LogP contribution < -0.4 is 19.5 Å². The Morgan fingerprint density at radius 1 is 1.00 bits per heavy atom. The zero-order valence-corrected chi connectivity index (χ0v) is 19.6. The molecule has 2 aliphatic heterocycles. The Kier molecular flexibility index (Phi) is 5.11. The number of nitrogens with zero attached hydrogens (tertiary/aromatic N) is 3. The lowest BCUT2D eigenvalue weighted by Crippen LogP contribution is -2.32. The van der Waals surface area contributed by atoms with Crippen LogP contribution in [0.15, 0.2) is 72.6 Å². The van der Waals surface area contributed by atoms with Gasteiger partial charge in [-0.15, -0.1) is 0 Å². The number of rotatable bonds is 4. The summed E-state index contributed by atoms with van der Waals surface area (Å²) in [7, 11) is 3.18. The van der Waals surface area contributed by atoms with Gasteiger partial charge in [-0.25, -0.2) is 9.07 Å². The summed E-state index contributed by atoms with van der Waals surface area (Å²) in [5.41, 5.74) is 4.09. The van der Waals surface area contributed by atoms with Gasteiger partial charge in [0, 0.05) is 11.1 Å². The van der Waals surface area contributed by atoms with Crippen molar-refractivity contribution in [1.29, 1.82) is 0 Å². The molecule has 4 aromatic rings. The Morgan fingerprint density at radius 2 is 1.80 bits per heavy atom. The first-order valence-corrected chi connectivity index (χ1v) is 11.3. The van der Waals surface area contributed by atoms with Gasteiger partial charge in [-0.2, -0.15) is 10.1 Å². The predicted octanol–water partition coefficient (Wildman–Crippen LogP) is 5.65. The van der Waals surface area contributed by atoms with Gasteiger partial charge < -0.3 is 19.5 Å². The topological polar surface area (TPSA) is 70.4 Å². The third-order valence-corrected chi connectivity index (χ3v) is 6.60. The summed E-state index contributed by atoms with van der Waals surface area (Å²) in [6.45, 7) is 0. The van der Waals surface area contributed by atoms with Crippen molar-refractivity contribution >= 4 is 23.2 Å². The highest BCUT2D eigenvalue weighted by atomic mass is 35.5. The van der Waals surface area contributed by atoms with Crippen LogP contribution in [0.3, 0.4) is 0 Å². The summed E-state index contributed by atoms with van der Waals surface area (Å²) in [4.78, 5) is 4.43. The van der Waals surface area contributed by atoms with E-state index >= 15 is 0 Å². The summed E-state index contributed by atoms with van der Waals surface area (Å²) >= 11 is 5.99. The molecule has 9 heteroatoms. The molecule has 0 saturated carbocycles. The molecule has 2 atom stereocenters. The molecule has 0 radical (unpaired) electrons. The molecule has 0 fully saturated rings. The fraction of sp³-hybridized carbons (Fsp3) is 0.154. The number of nitrogens with one attached hydrogen (secondary N) is 1. The highest BCUT2D eigenvalue weighted by Crippen LogP contribution is 2.51. The maximum Gasteiger partial charge on any atom is 0.226 e. The molecular formula is C26H20ClFN4O3. The number of methoxy groups -OCH3 is 2. The smallest absolute Gasteiger partial charge is 0.226 e. The first-order chi connectivity index (χ1) is 17.1. The minimum absolute atomic E-state index is 0.0518. The summed E-state index contributed by atoms with van der Waals surface area (Å²) < 4.78 is 33.9. The number of hydrogen-bond acceptors (Lipinski definition) is 6. The van der Waals surface area contributed by atoms with Crippen LogP contribution in [0.2, 0.25) is 5.02 Å². The number of anilines is 1. The second-order valence-electron chi connectivity index (χ2n) is 8.17. The zero-order chi connectivity index (χ0) is 24.1. The lowest BCUT2D eigenvalue weighted by atomic mass is 9.84. The molecule has 0 saturated heterocycles. The number of para-hydroxylation sites is 1. The monoisotopic (exact) mass is 490 g/mol. The van der Waals surface area contributed by atoms with Gasteiger partial charge in [-0.05, 0) is 47.5 Å². The first kappa shape index (κ1) is 21.5. The standard InChI is InChI=1S/C26H20ClFN4O3/c1-33-20-10-8-14(12-21(20)34-2)24-22-23(31-26-29-13-30-32(24)26)16-5-3-4-6-19(16)35-25(22)15-7-9-17(27)18(28)11-15/h3-13,24-25H,1-2H3,(H,29,30,31)/t24-,25+/m1/s1. The highest BCUT2D eigenvalue weighted by molar-refractivity contribution is 6.30. The van der Waals surface area contributed by atoms with Gasteiger partial charge in [0.15, 0.2) is 11.5 Å². The normalized spacial score (nSPS) is 18.1. The van der Waals surface area contributed by atoms with Gasteiger partial charge in [-0.1, -0.05) is 35.9 Å². The van der Waals surface area contributed by atoms with Gasteiger partial charge in [0.05, 0.1) is 24.9 Å². The Hall–Kier alpha value is -4.04. The van der Waals surface area contributed by atoms with Gasteiger partial charge >= 0.3 is 0 Å². The van der Waals surface area contributed by atoms with Crippen LogP contribution in [0.5, 0.6) is 17.2 Å². The number of ether oxygens (including phenoxy) is 3. The fourth-order valence-corrected chi connectivity index (χ4v) is 4.83. The van der Waals surface area contributed by atoms with E-state index in [0.29, 0.717) is 28.8 Å². The van der Waals surface area contributed by atoms with Crippen LogP contribution in [0.25, 0.3) is 5.70 Å². The van der Waals surface area contributed by atoms with Crippen molar-refractivity contribution in [3.8, 4) is 17.2 Å². The zero-order valence-electron chi connectivity index (χ0n) is 18.8. The average molecular weight is 491 g/mol. The molecule has 3 heterocycles. The molecular weight excluding hydrogens is 471 g/mol. The molecule has 0 unspecified atom stereocenters. The summed E-state index contributed by atoms with van der Waals surface area (Å²) in [5, 5.41) is 7.98. The molecule has 35 heavy (non-hydrogen) atoms. The quantitative estimate of drug-likeness (QED) is 0.399.